The molecular formula is C24H19ClO5. The van der Waals surface area contributed by atoms with Crippen molar-refractivity contribution in [1.29, 1.82) is 0 Å². The molecule has 6 heteroatoms. The second kappa shape index (κ2) is 8.93. The molecule has 0 saturated carbocycles. The Bertz CT molecular complexity index is 1110. The highest BCUT2D eigenvalue weighted by Gasteiger charge is 2.15. The molecule has 0 amide bonds. The molecule has 30 heavy (non-hydrogen) atoms. The normalized spacial score (nSPS) is 12.2. The van der Waals surface area contributed by atoms with Gasteiger partial charge in [0.05, 0.1) is 7.11 Å². The molecule has 0 bridgehead atoms. The maximum Gasteiger partial charge on any atom is 0.231 e. The third kappa shape index (κ3) is 4.58. The lowest BCUT2D eigenvalue weighted by atomic mass is 10.1. The van der Waals surface area contributed by atoms with Crippen LogP contribution in [0.15, 0.2) is 66.7 Å². The number of hydrogen-bond acceptors (Lipinski definition) is 5. The lowest BCUT2D eigenvalue weighted by molar-refractivity contribution is 0.104. The molecule has 0 fully saturated rings. The first-order valence-corrected chi connectivity index (χ1v) is 9.67. The first-order valence-electron chi connectivity index (χ1n) is 9.30. The van der Waals surface area contributed by atoms with Crippen molar-refractivity contribution in [3.05, 3.63) is 88.5 Å². The van der Waals surface area contributed by atoms with Crippen molar-refractivity contribution in [2.24, 2.45) is 0 Å². The van der Waals surface area contributed by atoms with E-state index in [1.165, 1.54) is 6.08 Å². The number of methoxy groups -OCH3 is 1. The topological polar surface area (TPSA) is 54.0 Å². The Morgan fingerprint density at radius 3 is 2.77 bits per heavy atom. The van der Waals surface area contributed by atoms with Crippen molar-refractivity contribution in [3.63, 3.8) is 0 Å². The van der Waals surface area contributed by atoms with Crippen LogP contribution in [0.5, 0.6) is 23.0 Å². The summed E-state index contributed by atoms with van der Waals surface area (Å²) in [4.78, 5) is 12.5. The summed E-state index contributed by atoms with van der Waals surface area (Å²) in [5.74, 6) is 2.48. The van der Waals surface area contributed by atoms with Gasteiger partial charge >= 0.3 is 0 Å². The van der Waals surface area contributed by atoms with Gasteiger partial charge in [0.2, 0.25) is 6.79 Å². The number of ether oxygens (including phenoxy) is 4. The highest BCUT2D eigenvalue weighted by atomic mass is 35.5. The molecule has 3 aromatic rings. The first-order chi connectivity index (χ1) is 14.6. The zero-order chi connectivity index (χ0) is 20.9. The van der Waals surface area contributed by atoms with Gasteiger partial charge in [-0.3, -0.25) is 4.79 Å². The van der Waals surface area contributed by atoms with E-state index in [1.807, 2.05) is 30.3 Å². The Labute approximate surface area is 179 Å². The fraction of sp³-hybridized carbons (Fsp3) is 0.125. The van der Waals surface area contributed by atoms with E-state index in [0.717, 1.165) is 11.1 Å². The average molecular weight is 423 g/mol. The van der Waals surface area contributed by atoms with Crippen molar-refractivity contribution in [3.8, 4) is 23.0 Å². The van der Waals surface area contributed by atoms with Crippen LogP contribution < -0.4 is 18.9 Å². The molecule has 1 aliphatic heterocycles. The lowest BCUT2D eigenvalue weighted by Gasteiger charge is -2.11. The molecule has 0 atom stereocenters. The molecule has 0 aromatic heterocycles. The molecule has 0 spiro atoms. The summed E-state index contributed by atoms with van der Waals surface area (Å²) >= 11 is 6.00. The van der Waals surface area contributed by atoms with Gasteiger partial charge in [-0.15, -0.1) is 0 Å². The summed E-state index contributed by atoms with van der Waals surface area (Å²) in [6, 6.07) is 18.0. The fourth-order valence-corrected chi connectivity index (χ4v) is 3.23. The highest BCUT2D eigenvalue weighted by molar-refractivity contribution is 6.30. The highest BCUT2D eigenvalue weighted by Crippen LogP contribution is 2.32. The smallest absolute Gasteiger partial charge is 0.231 e. The minimum Gasteiger partial charge on any atom is -0.496 e. The third-order valence-corrected chi connectivity index (χ3v) is 4.81. The number of fused-ring (bicyclic) bond motifs is 1. The van der Waals surface area contributed by atoms with Gasteiger partial charge in [-0.25, -0.2) is 0 Å². The third-order valence-electron chi connectivity index (χ3n) is 4.58. The molecule has 0 saturated heterocycles. The van der Waals surface area contributed by atoms with Crippen LogP contribution in [-0.4, -0.2) is 19.7 Å². The number of carbonyl (C=O) groups is 1. The van der Waals surface area contributed by atoms with Crippen LogP contribution in [0.4, 0.5) is 0 Å². The van der Waals surface area contributed by atoms with E-state index in [0.29, 0.717) is 40.2 Å². The van der Waals surface area contributed by atoms with E-state index >= 15 is 0 Å². The predicted octanol–water partition coefficient (Wildman–Crippen LogP) is 5.55. The number of carbonyl (C=O) groups excluding carboxylic acids is 1. The SMILES string of the molecule is COc1ccc(/C=C/C(=O)c2ccc3c(c2)OCO3)cc1COc1cccc(Cl)c1. The zero-order valence-electron chi connectivity index (χ0n) is 16.3. The van der Waals surface area contributed by atoms with Crippen LogP contribution in [0, 0.1) is 0 Å². The summed E-state index contributed by atoms with van der Waals surface area (Å²) < 4.78 is 21.9. The van der Waals surface area contributed by atoms with E-state index in [-0.39, 0.29) is 12.6 Å². The predicted molar refractivity (Wildman–Crippen MR) is 115 cm³/mol. The Hall–Kier alpha value is -3.44. The maximum atomic E-state index is 12.5. The van der Waals surface area contributed by atoms with Gasteiger partial charge < -0.3 is 18.9 Å². The number of rotatable bonds is 7. The van der Waals surface area contributed by atoms with Crippen molar-refractivity contribution in [2.45, 2.75) is 6.61 Å². The number of ketones is 1. The van der Waals surface area contributed by atoms with Gasteiger partial charge in [0.25, 0.3) is 0 Å². The summed E-state index contributed by atoms with van der Waals surface area (Å²) in [6.45, 7) is 0.482. The van der Waals surface area contributed by atoms with Crippen molar-refractivity contribution >= 4 is 23.5 Å². The van der Waals surface area contributed by atoms with Crippen LogP contribution >= 0.6 is 11.6 Å². The molecule has 5 nitrogen and oxygen atoms in total. The van der Waals surface area contributed by atoms with Gasteiger partial charge in [0, 0.05) is 16.1 Å². The minimum absolute atomic E-state index is 0.124. The second-order valence-corrected chi connectivity index (χ2v) is 7.02. The Morgan fingerprint density at radius 2 is 1.93 bits per heavy atom. The molecule has 3 aromatic carbocycles. The molecule has 152 valence electrons. The summed E-state index contributed by atoms with van der Waals surface area (Å²) in [6.07, 6.45) is 3.29. The molecule has 1 heterocycles. The Kier molecular flexibility index (Phi) is 5.91. The van der Waals surface area contributed by atoms with Crippen LogP contribution in [0.1, 0.15) is 21.5 Å². The molecule has 4 rings (SSSR count). The maximum absolute atomic E-state index is 12.5. The van der Waals surface area contributed by atoms with Crippen molar-refractivity contribution < 1.29 is 23.7 Å². The van der Waals surface area contributed by atoms with E-state index < -0.39 is 0 Å². The number of halogens is 1. The van der Waals surface area contributed by atoms with Gasteiger partial charge in [0.15, 0.2) is 17.3 Å². The standard InChI is InChI=1S/C24H19ClO5/c1-27-22-9-6-16(11-18(22)14-28-20-4-2-3-19(25)13-20)5-8-21(26)17-7-10-23-24(12-17)30-15-29-23/h2-13H,14-15H2,1H3/b8-5+. The van der Waals surface area contributed by atoms with Crippen molar-refractivity contribution in [2.75, 3.05) is 13.9 Å². The second-order valence-electron chi connectivity index (χ2n) is 6.58. The van der Waals surface area contributed by atoms with Crippen LogP contribution in [0.2, 0.25) is 5.02 Å². The lowest BCUT2D eigenvalue weighted by Crippen LogP contribution is -1.99. The summed E-state index contributed by atoms with van der Waals surface area (Å²) in [7, 11) is 1.61. The molecular weight excluding hydrogens is 404 g/mol. The molecule has 0 aliphatic carbocycles. The van der Waals surface area contributed by atoms with Gasteiger partial charge in [-0.05, 0) is 60.2 Å². The minimum atomic E-state index is -0.124. The first kappa shape index (κ1) is 19.9. The van der Waals surface area contributed by atoms with Crippen molar-refractivity contribution in [1.82, 2.24) is 0 Å². The Morgan fingerprint density at radius 1 is 1.07 bits per heavy atom. The fourth-order valence-electron chi connectivity index (χ4n) is 3.05. The average Bonchev–Trinajstić information content (AvgIpc) is 3.24. The zero-order valence-corrected chi connectivity index (χ0v) is 17.0. The molecule has 0 unspecified atom stereocenters. The van der Waals surface area contributed by atoms with Crippen LogP contribution in [0.25, 0.3) is 6.08 Å². The van der Waals surface area contributed by atoms with E-state index in [1.54, 1.807) is 43.5 Å². The van der Waals surface area contributed by atoms with Crippen LogP contribution in [-0.2, 0) is 6.61 Å². The van der Waals surface area contributed by atoms with E-state index in [4.69, 9.17) is 30.5 Å². The monoisotopic (exact) mass is 422 g/mol. The number of benzene rings is 3. The molecule has 1 aliphatic rings. The molecule has 0 radical (unpaired) electrons. The van der Waals surface area contributed by atoms with E-state index in [9.17, 15) is 4.79 Å². The molecule has 0 N–H and O–H groups in total. The summed E-state index contributed by atoms with van der Waals surface area (Å²) in [5, 5.41) is 0.609. The van der Waals surface area contributed by atoms with Gasteiger partial charge in [0.1, 0.15) is 18.1 Å². The Balaban J connectivity index is 1.48. The van der Waals surface area contributed by atoms with E-state index in [2.05, 4.69) is 0 Å². The summed E-state index contributed by atoms with van der Waals surface area (Å²) in [5.41, 5.74) is 2.25. The van der Waals surface area contributed by atoms with Crippen LogP contribution in [0.3, 0.4) is 0 Å². The number of allylic oxidation sites excluding steroid dienone is 1. The number of hydrogen-bond donors (Lipinski definition) is 0. The van der Waals surface area contributed by atoms with Gasteiger partial charge in [-0.2, -0.15) is 0 Å². The van der Waals surface area contributed by atoms with Gasteiger partial charge in [-0.1, -0.05) is 29.8 Å². The largest absolute Gasteiger partial charge is 0.496 e. The quantitative estimate of drug-likeness (QED) is 0.369.